The summed E-state index contributed by atoms with van der Waals surface area (Å²) in [6, 6.07) is 42.2. The Bertz CT molecular complexity index is 1210. The summed E-state index contributed by atoms with van der Waals surface area (Å²) in [4.78, 5) is 25.4. The zero-order valence-electron chi connectivity index (χ0n) is 20.0. The molecule has 0 N–H and O–H groups in total. The van der Waals surface area contributed by atoms with Crippen molar-refractivity contribution in [2.45, 2.75) is 20.3 Å². The Balaban J connectivity index is 2.09. The molecule has 2 nitrogen and oxygen atoms in total. The summed E-state index contributed by atoms with van der Waals surface area (Å²) >= 11 is 0. The number of carbonyl (C=O) groups is 2. The summed E-state index contributed by atoms with van der Waals surface area (Å²) in [6.45, 7) is 3.09. The normalized spacial score (nSPS) is 10.9. The Labute approximate surface area is 210 Å². The molecule has 0 aliphatic carbocycles. The van der Waals surface area contributed by atoms with E-state index in [0.29, 0.717) is 6.42 Å². The van der Waals surface area contributed by atoms with Crippen LogP contribution in [0.1, 0.15) is 20.3 Å². The maximum atomic E-state index is 12.7. The zero-order valence-corrected chi connectivity index (χ0v) is 21.8. The number of hydrogen-bond donors (Lipinski definition) is 0. The zero-order chi connectivity index (χ0) is 24.6. The summed E-state index contributed by atoms with van der Waals surface area (Å²) in [5, 5.41) is 6.20. The average Bonchev–Trinajstić information content (AvgIpc) is 2.89. The highest BCUT2D eigenvalue weighted by atomic mass is 31.2. The molecule has 0 atom stereocenters. The van der Waals surface area contributed by atoms with E-state index in [1.165, 1.54) is 26.3 Å². The van der Waals surface area contributed by atoms with Crippen LogP contribution in [0.3, 0.4) is 0 Å². The molecule has 0 amide bonds. The molecule has 4 aromatic rings. The highest BCUT2D eigenvalue weighted by Gasteiger charge is 2.36. The highest BCUT2D eigenvalue weighted by molar-refractivity contribution is 8.00. The molecule has 0 aliphatic rings. The van der Waals surface area contributed by atoms with Crippen molar-refractivity contribution in [1.29, 1.82) is 0 Å². The van der Waals surface area contributed by atoms with Crippen molar-refractivity contribution in [3.05, 3.63) is 121 Å². The molecule has 0 radical (unpaired) electrons. The van der Waals surface area contributed by atoms with Crippen LogP contribution in [0.25, 0.3) is 0 Å². The predicted octanol–water partition coefficient (Wildman–Crippen LogP) is 5.57. The van der Waals surface area contributed by atoms with Crippen LogP contribution < -0.4 is 21.2 Å². The Morgan fingerprint density at radius 3 is 1.29 bits per heavy atom. The van der Waals surface area contributed by atoms with Crippen LogP contribution in [0, 0.1) is 5.92 Å². The van der Waals surface area contributed by atoms with E-state index in [2.05, 4.69) is 97.1 Å². The summed E-state index contributed by atoms with van der Waals surface area (Å²) < 4.78 is 0. The van der Waals surface area contributed by atoms with Crippen molar-refractivity contribution in [2.24, 2.45) is 5.92 Å². The van der Waals surface area contributed by atoms with Gasteiger partial charge in [-0.3, -0.25) is 9.59 Å². The average molecular weight is 496 g/mol. The fourth-order valence-corrected chi connectivity index (χ4v) is 10.8. The van der Waals surface area contributed by atoms with Crippen LogP contribution in [-0.4, -0.2) is 16.6 Å². The number of Topliss-reactive ketones (excluding diaryl/α,β-unsaturated/α-hetero) is 2. The third-order valence-corrected chi connectivity index (χ3v) is 11.8. The van der Waals surface area contributed by atoms with Gasteiger partial charge in [-0.25, -0.2) is 0 Å². The topological polar surface area (TPSA) is 34.1 Å². The van der Waals surface area contributed by atoms with E-state index in [9.17, 15) is 9.59 Å². The molecule has 0 aromatic heterocycles. The third kappa shape index (κ3) is 6.09. The van der Waals surface area contributed by atoms with Crippen LogP contribution in [0.2, 0.25) is 0 Å². The smallest absolute Gasteiger partial charge is 0.174 e. The summed E-state index contributed by atoms with van der Waals surface area (Å²) in [7, 11) is -1.88. The minimum Gasteiger partial charge on any atom is -0.299 e. The van der Waals surface area contributed by atoms with E-state index in [0.717, 1.165) is 0 Å². The van der Waals surface area contributed by atoms with Crippen LogP contribution in [-0.2, 0) is 9.59 Å². The lowest BCUT2D eigenvalue weighted by atomic mass is 9.98. The number of benzene rings is 4. The maximum absolute atomic E-state index is 12.7. The molecule has 4 aromatic carbocycles. The molecule has 4 rings (SSSR count). The van der Waals surface area contributed by atoms with Crippen molar-refractivity contribution >= 4 is 53.3 Å². The van der Waals surface area contributed by atoms with Gasteiger partial charge in [0.1, 0.15) is 16.6 Å². The molecule has 0 spiro atoms. The molecule has 0 aliphatic heterocycles. The Morgan fingerprint density at radius 2 is 0.943 bits per heavy atom. The van der Waals surface area contributed by atoms with E-state index in [1.807, 2.05) is 24.3 Å². The standard InChI is InChI=1S/C31H29O2P2/c1-24(32)30(25(2)33)23-31(34(26-15-7-3-8-16-26)27-17-9-4-10-18-27)35(28-19-11-5-12-20-28)29-21-13-6-14-22-29/h3-22,30H,23H2,1-2H3/q+1. The minimum absolute atomic E-state index is 0.0675. The second kappa shape index (κ2) is 12.0. The third-order valence-electron chi connectivity index (χ3n) is 5.94. The van der Waals surface area contributed by atoms with E-state index >= 15 is 0 Å². The summed E-state index contributed by atoms with van der Waals surface area (Å²) in [5.74, 6) is -0.774. The second-order valence-corrected chi connectivity index (χ2v) is 13.2. The van der Waals surface area contributed by atoms with E-state index < -0.39 is 21.4 Å². The van der Waals surface area contributed by atoms with E-state index in [-0.39, 0.29) is 11.6 Å². The molecule has 0 fully saturated rings. The van der Waals surface area contributed by atoms with Crippen molar-refractivity contribution < 1.29 is 9.59 Å². The predicted molar refractivity (Wildman–Crippen MR) is 153 cm³/mol. The first-order valence-electron chi connectivity index (χ1n) is 11.7. The van der Waals surface area contributed by atoms with Gasteiger partial charge in [0.15, 0.2) is 18.2 Å². The lowest BCUT2D eigenvalue weighted by molar-refractivity contribution is -0.129. The van der Waals surface area contributed by atoms with Gasteiger partial charge in [0.25, 0.3) is 0 Å². The summed E-state index contributed by atoms with van der Waals surface area (Å²) in [5.41, 5.74) is 0. The SMILES string of the molecule is CC(=O)C(CC(P(c1ccccc1)c1ccccc1)=[P+](c1ccccc1)c1ccccc1)C(C)=O. The highest BCUT2D eigenvalue weighted by Crippen LogP contribution is 2.46. The van der Waals surface area contributed by atoms with Gasteiger partial charge in [-0.1, -0.05) is 97.1 Å². The monoisotopic (exact) mass is 495 g/mol. The number of ketones is 2. The number of carbonyl (C=O) groups excluding carboxylic acids is 2. The van der Waals surface area contributed by atoms with Gasteiger partial charge in [0.2, 0.25) is 0 Å². The van der Waals surface area contributed by atoms with Crippen LogP contribution in [0.5, 0.6) is 0 Å². The molecule has 35 heavy (non-hydrogen) atoms. The molecular weight excluding hydrogens is 466 g/mol. The molecule has 0 unspecified atom stereocenters. The van der Waals surface area contributed by atoms with Gasteiger partial charge in [-0.2, -0.15) is 0 Å². The Hall–Kier alpha value is -3.18. The minimum atomic E-state index is -0.942. The Morgan fingerprint density at radius 1 is 0.600 bits per heavy atom. The largest absolute Gasteiger partial charge is 0.299 e. The number of rotatable bonds is 9. The lowest BCUT2D eigenvalue weighted by Gasteiger charge is -2.22. The first-order chi connectivity index (χ1) is 17.1. The molecule has 0 heterocycles. The van der Waals surface area contributed by atoms with Crippen molar-refractivity contribution in [3.8, 4) is 0 Å². The van der Waals surface area contributed by atoms with Gasteiger partial charge in [-0.15, -0.1) is 0 Å². The van der Waals surface area contributed by atoms with E-state index in [4.69, 9.17) is 0 Å². The van der Waals surface area contributed by atoms with Gasteiger partial charge in [0.05, 0.1) is 5.92 Å². The van der Waals surface area contributed by atoms with Crippen molar-refractivity contribution in [3.63, 3.8) is 0 Å². The maximum Gasteiger partial charge on any atom is 0.174 e. The fourth-order valence-electron chi connectivity index (χ4n) is 4.24. The molecular formula is C31H29O2P2+. The Kier molecular flexibility index (Phi) is 8.54. The number of hydrogen-bond acceptors (Lipinski definition) is 2. The lowest BCUT2D eigenvalue weighted by Crippen LogP contribution is -2.28. The van der Waals surface area contributed by atoms with Crippen molar-refractivity contribution in [1.82, 2.24) is 0 Å². The van der Waals surface area contributed by atoms with E-state index in [1.54, 1.807) is 13.8 Å². The first-order valence-corrected chi connectivity index (χ1v) is 14.4. The molecule has 174 valence electrons. The quantitative estimate of drug-likeness (QED) is 0.225. The van der Waals surface area contributed by atoms with Crippen LogP contribution in [0.15, 0.2) is 121 Å². The molecule has 0 saturated heterocycles. The molecule has 0 saturated carbocycles. The van der Waals surface area contributed by atoms with Crippen molar-refractivity contribution in [2.75, 3.05) is 0 Å². The first kappa shape index (κ1) is 24.9. The molecule has 0 bridgehead atoms. The summed E-state index contributed by atoms with van der Waals surface area (Å²) in [6.07, 6.45) is 0.454. The van der Waals surface area contributed by atoms with Gasteiger partial charge >= 0.3 is 0 Å². The van der Waals surface area contributed by atoms with Crippen LogP contribution in [0.4, 0.5) is 0 Å². The van der Waals surface area contributed by atoms with Crippen LogP contribution >= 0.6 is 15.5 Å². The fraction of sp³-hybridized carbons (Fsp3) is 0.129. The molecule has 4 heteroatoms. The van der Waals surface area contributed by atoms with Gasteiger partial charge in [-0.05, 0) is 48.7 Å². The van der Waals surface area contributed by atoms with Gasteiger partial charge in [0, 0.05) is 14.3 Å². The van der Waals surface area contributed by atoms with Gasteiger partial charge < -0.3 is 0 Å². The second-order valence-electron chi connectivity index (χ2n) is 8.41.